The van der Waals surface area contributed by atoms with Crippen LogP contribution < -0.4 is 14.8 Å². The van der Waals surface area contributed by atoms with Gasteiger partial charge in [0.05, 0.1) is 13.7 Å². The minimum absolute atomic E-state index is 0.173. The Morgan fingerprint density at radius 3 is 3.18 bits per heavy atom. The molecule has 2 aromatic rings. The van der Waals surface area contributed by atoms with Crippen molar-refractivity contribution >= 4 is 5.91 Å². The third-order valence-corrected chi connectivity index (χ3v) is 3.57. The molecule has 2 heterocycles. The fourth-order valence-electron chi connectivity index (χ4n) is 2.42. The van der Waals surface area contributed by atoms with Gasteiger partial charge >= 0.3 is 0 Å². The highest BCUT2D eigenvalue weighted by atomic mass is 16.5. The normalized spacial score (nSPS) is 13.1. The third-order valence-electron chi connectivity index (χ3n) is 3.57. The van der Waals surface area contributed by atoms with Crippen LogP contribution in [-0.4, -0.2) is 35.9 Å². The van der Waals surface area contributed by atoms with E-state index in [1.165, 1.54) is 0 Å². The Kier molecular flexibility index (Phi) is 4.27. The molecule has 0 fully saturated rings. The quantitative estimate of drug-likeness (QED) is 0.912. The van der Waals surface area contributed by atoms with Crippen LogP contribution in [0.2, 0.25) is 0 Å². The molecule has 0 bridgehead atoms. The van der Waals surface area contributed by atoms with Gasteiger partial charge in [0.15, 0.2) is 5.69 Å². The summed E-state index contributed by atoms with van der Waals surface area (Å²) in [6.45, 7) is 2.03. The Balaban J connectivity index is 1.54. The van der Waals surface area contributed by atoms with Gasteiger partial charge < -0.3 is 14.8 Å². The lowest BCUT2D eigenvalue weighted by atomic mass is 10.1. The molecular formula is C16H19N3O3. The lowest BCUT2D eigenvalue weighted by Crippen LogP contribution is -2.26. The first-order chi connectivity index (χ1) is 10.8. The molecule has 1 aromatic heterocycles. The zero-order chi connectivity index (χ0) is 15.4. The van der Waals surface area contributed by atoms with Crippen molar-refractivity contribution < 1.29 is 14.3 Å². The fourth-order valence-corrected chi connectivity index (χ4v) is 2.42. The van der Waals surface area contributed by atoms with Crippen LogP contribution in [0.15, 0.2) is 30.3 Å². The van der Waals surface area contributed by atoms with Crippen molar-refractivity contribution in [1.82, 2.24) is 15.1 Å². The van der Waals surface area contributed by atoms with Gasteiger partial charge in [-0.1, -0.05) is 12.1 Å². The van der Waals surface area contributed by atoms with Crippen LogP contribution >= 0.6 is 0 Å². The van der Waals surface area contributed by atoms with Crippen molar-refractivity contribution in [1.29, 1.82) is 0 Å². The average molecular weight is 301 g/mol. The number of ether oxygens (including phenoxy) is 2. The lowest BCUT2D eigenvalue weighted by Gasteiger charge is -2.13. The van der Waals surface area contributed by atoms with E-state index in [0.29, 0.717) is 24.7 Å². The van der Waals surface area contributed by atoms with E-state index in [0.717, 1.165) is 30.7 Å². The number of amides is 1. The highest BCUT2D eigenvalue weighted by Gasteiger charge is 2.17. The molecule has 0 radical (unpaired) electrons. The Morgan fingerprint density at radius 1 is 1.45 bits per heavy atom. The molecule has 0 atom stereocenters. The summed E-state index contributed by atoms with van der Waals surface area (Å²) >= 11 is 0. The van der Waals surface area contributed by atoms with Crippen molar-refractivity contribution in [2.24, 2.45) is 0 Å². The van der Waals surface area contributed by atoms with Gasteiger partial charge in [-0.2, -0.15) is 5.10 Å². The fraction of sp³-hybridized carbons (Fsp3) is 0.375. The molecule has 1 aromatic carbocycles. The second kappa shape index (κ2) is 6.51. The van der Waals surface area contributed by atoms with Gasteiger partial charge in [-0.05, 0) is 24.1 Å². The number of nitrogens with one attached hydrogen (secondary N) is 1. The predicted molar refractivity (Wildman–Crippen MR) is 81.4 cm³/mol. The van der Waals surface area contributed by atoms with Crippen LogP contribution in [0.4, 0.5) is 0 Å². The summed E-state index contributed by atoms with van der Waals surface area (Å²) in [5, 5.41) is 7.15. The number of nitrogens with zero attached hydrogens (tertiary/aromatic N) is 2. The molecule has 3 rings (SSSR count). The van der Waals surface area contributed by atoms with Crippen LogP contribution in [0.5, 0.6) is 11.6 Å². The third kappa shape index (κ3) is 3.21. The summed E-state index contributed by atoms with van der Waals surface area (Å²) in [7, 11) is 1.64. The van der Waals surface area contributed by atoms with Crippen LogP contribution in [-0.2, 0) is 13.0 Å². The molecule has 0 spiro atoms. The maximum absolute atomic E-state index is 12.1. The molecule has 1 aliphatic heterocycles. The average Bonchev–Trinajstić information content (AvgIpc) is 2.99. The topological polar surface area (TPSA) is 65.4 Å². The van der Waals surface area contributed by atoms with Crippen LogP contribution in [0.25, 0.3) is 0 Å². The summed E-state index contributed by atoms with van der Waals surface area (Å²) in [6.07, 6.45) is 1.67. The zero-order valence-corrected chi connectivity index (χ0v) is 12.5. The molecule has 116 valence electrons. The van der Waals surface area contributed by atoms with E-state index in [-0.39, 0.29) is 5.91 Å². The van der Waals surface area contributed by atoms with E-state index in [2.05, 4.69) is 10.4 Å². The first-order valence-corrected chi connectivity index (χ1v) is 7.38. The molecule has 0 aliphatic carbocycles. The van der Waals surface area contributed by atoms with Crippen LogP contribution in [0, 0.1) is 0 Å². The Labute approximate surface area is 129 Å². The van der Waals surface area contributed by atoms with Gasteiger partial charge in [-0.3, -0.25) is 4.79 Å². The number of aryl methyl sites for hydroxylation is 1. The minimum atomic E-state index is -0.173. The van der Waals surface area contributed by atoms with Crippen molar-refractivity contribution in [2.75, 3.05) is 20.3 Å². The van der Waals surface area contributed by atoms with E-state index in [9.17, 15) is 4.79 Å². The lowest BCUT2D eigenvalue weighted by molar-refractivity contribution is 0.0948. The molecule has 6 nitrogen and oxygen atoms in total. The molecular weight excluding hydrogens is 282 g/mol. The number of fused-ring (bicyclic) bond motifs is 1. The van der Waals surface area contributed by atoms with E-state index >= 15 is 0 Å². The zero-order valence-electron chi connectivity index (χ0n) is 12.5. The van der Waals surface area contributed by atoms with E-state index in [1.807, 2.05) is 24.3 Å². The second-order valence-corrected chi connectivity index (χ2v) is 5.15. The summed E-state index contributed by atoms with van der Waals surface area (Å²) in [6, 6.07) is 9.52. The predicted octanol–water partition coefficient (Wildman–Crippen LogP) is 1.65. The number of methoxy groups -OCH3 is 1. The van der Waals surface area contributed by atoms with E-state index < -0.39 is 0 Å². The number of carbonyl (C=O) groups excluding carboxylic acids is 1. The van der Waals surface area contributed by atoms with Gasteiger partial charge in [0.25, 0.3) is 5.91 Å². The number of carbonyl (C=O) groups is 1. The SMILES string of the molecule is COc1cccc(CCNC(=O)c2cc3n(n2)CCCO3)c1. The van der Waals surface area contributed by atoms with Gasteiger partial charge in [-0.15, -0.1) is 0 Å². The molecule has 1 aliphatic rings. The summed E-state index contributed by atoms with van der Waals surface area (Å²) in [4.78, 5) is 12.1. The first-order valence-electron chi connectivity index (χ1n) is 7.38. The molecule has 1 N–H and O–H groups in total. The number of hydrogen-bond donors (Lipinski definition) is 1. The number of aromatic nitrogens is 2. The first kappa shape index (κ1) is 14.4. The number of rotatable bonds is 5. The smallest absolute Gasteiger partial charge is 0.271 e. The maximum atomic E-state index is 12.1. The van der Waals surface area contributed by atoms with Crippen molar-refractivity contribution in [3.8, 4) is 11.6 Å². The van der Waals surface area contributed by atoms with Gasteiger partial charge in [-0.25, -0.2) is 4.68 Å². The Bertz CT molecular complexity index is 643. The highest BCUT2D eigenvalue weighted by molar-refractivity contribution is 5.92. The van der Waals surface area contributed by atoms with Gasteiger partial charge in [0.2, 0.25) is 5.88 Å². The van der Waals surface area contributed by atoms with Crippen LogP contribution in [0.1, 0.15) is 22.5 Å². The summed E-state index contributed by atoms with van der Waals surface area (Å²) in [5.74, 6) is 1.32. The monoisotopic (exact) mass is 301 g/mol. The highest BCUT2D eigenvalue weighted by Crippen LogP contribution is 2.18. The Morgan fingerprint density at radius 2 is 2.36 bits per heavy atom. The molecule has 0 saturated heterocycles. The summed E-state index contributed by atoms with van der Waals surface area (Å²) < 4.78 is 12.4. The van der Waals surface area contributed by atoms with Gasteiger partial charge in [0, 0.05) is 25.6 Å². The Hall–Kier alpha value is -2.50. The molecule has 1 amide bonds. The number of benzene rings is 1. The van der Waals surface area contributed by atoms with Crippen molar-refractivity contribution in [3.05, 3.63) is 41.6 Å². The molecule has 6 heteroatoms. The van der Waals surface area contributed by atoms with Crippen molar-refractivity contribution in [2.45, 2.75) is 19.4 Å². The van der Waals surface area contributed by atoms with Gasteiger partial charge in [0.1, 0.15) is 5.75 Å². The molecule has 22 heavy (non-hydrogen) atoms. The number of hydrogen-bond acceptors (Lipinski definition) is 4. The van der Waals surface area contributed by atoms with Crippen LogP contribution in [0.3, 0.4) is 0 Å². The summed E-state index contributed by atoms with van der Waals surface area (Å²) in [5.41, 5.74) is 1.52. The van der Waals surface area contributed by atoms with E-state index in [1.54, 1.807) is 17.9 Å². The molecule has 0 unspecified atom stereocenters. The van der Waals surface area contributed by atoms with Crippen molar-refractivity contribution in [3.63, 3.8) is 0 Å². The standard InChI is InChI=1S/C16H19N3O3/c1-21-13-5-2-4-12(10-13)6-7-17-16(20)14-11-15-19(18-14)8-3-9-22-15/h2,4-5,10-11H,3,6-9H2,1H3,(H,17,20). The minimum Gasteiger partial charge on any atom is -0.497 e. The molecule has 0 saturated carbocycles. The maximum Gasteiger partial charge on any atom is 0.271 e. The largest absolute Gasteiger partial charge is 0.497 e. The second-order valence-electron chi connectivity index (χ2n) is 5.15. The van der Waals surface area contributed by atoms with E-state index in [4.69, 9.17) is 9.47 Å².